The second-order valence-corrected chi connectivity index (χ2v) is 4.62. The van der Waals surface area contributed by atoms with Gasteiger partial charge in [0.1, 0.15) is 0 Å². The van der Waals surface area contributed by atoms with Gasteiger partial charge in [0.2, 0.25) is 5.95 Å². The Morgan fingerprint density at radius 1 is 1.21 bits per heavy atom. The maximum Gasteiger partial charge on any atom is 0.307 e. The van der Waals surface area contributed by atoms with Gasteiger partial charge in [0.25, 0.3) is 0 Å². The molecule has 0 saturated carbocycles. The second-order valence-electron chi connectivity index (χ2n) is 3.80. The molecule has 2 rings (SSSR count). The van der Waals surface area contributed by atoms with E-state index in [4.69, 9.17) is 28.3 Å². The zero-order valence-corrected chi connectivity index (χ0v) is 11.0. The Hall–Kier alpha value is -1.65. The molecule has 0 bridgehead atoms. The van der Waals surface area contributed by atoms with Crippen molar-refractivity contribution in [2.75, 3.05) is 0 Å². The van der Waals surface area contributed by atoms with Crippen molar-refractivity contribution in [3.63, 3.8) is 0 Å². The normalized spacial score (nSPS) is 10.5. The lowest BCUT2D eigenvalue weighted by molar-refractivity contribution is -0.136. The molecule has 0 spiro atoms. The molecule has 0 radical (unpaired) electrons. The Morgan fingerprint density at radius 3 is 2.42 bits per heavy atom. The summed E-state index contributed by atoms with van der Waals surface area (Å²) in [6.07, 6.45) is 0.873. The minimum absolute atomic E-state index is 0.0282. The molecule has 0 unspecified atom stereocenters. The summed E-state index contributed by atoms with van der Waals surface area (Å²) in [6, 6.07) is 6.17. The molecule has 3 nitrogen and oxygen atoms in total. The Balaban J connectivity index is 2.70. The monoisotopic (exact) mass is 299 g/mol. The lowest BCUT2D eigenvalue weighted by Crippen LogP contribution is -2.04. The predicted molar refractivity (Wildman–Crippen MR) is 71.0 cm³/mol. The van der Waals surface area contributed by atoms with Gasteiger partial charge in [0.05, 0.1) is 16.5 Å². The molecular weight excluding hydrogens is 292 g/mol. The summed E-state index contributed by atoms with van der Waals surface area (Å²) >= 11 is 12.0. The highest BCUT2D eigenvalue weighted by Gasteiger charge is 2.19. The van der Waals surface area contributed by atoms with Gasteiger partial charge >= 0.3 is 5.97 Å². The minimum atomic E-state index is -1.07. The molecule has 6 heteroatoms. The summed E-state index contributed by atoms with van der Waals surface area (Å²) in [5.41, 5.74) is 0.559. The largest absolute Gasteiger partial charge is 0.481 e. The van der Waals surface area contributed by atoms with Gasteiger partial charge in [-0.1, -0.05) is 29.3 Å². The number of benzene rings is 1. The van der Waals surface area contributed by atoms with Crippen LogP contribution in [0.3, 0.4) is 0 Å². The third-order valence-electron chi connectivity index (χ3n) is 2.55. The smallest absolute Gasteiger partial charge is 0.307 e. The molecule has 0 aliphatic rings. The summed E-state index contributed by atoms with van der Waals surface area (Å²) in [5, 5.41) is 9.34. The van der Waals surface area contributed by atoms with Crippen LogP contribution < -0.4 is 0 Å². The average molecular weight is 300 g/mol. The molecule has 0 fully saturated rings. The number of rotatable bonds is 3. The summed E-state index contributed by atoms with van der Waals surface area (Å²) < 4.78 is 13.9. The second kappa shape index (κ2) is 5.55. The van der Waals surface area contributed by atoms with Crippen LogP contribution in [0.15, 0.2) is 30.5 Å². The van der Waals surface area contributed by atoms with Gasteiger partial charge in [-0.25, -0.2) is 4.98 Å². The molecule has 1 heterocycles. The Labute approximate surface area is 118 Å². The van der Waals surface area contributed by atoms with Crippen molar-refractivity contribution in [2.24, 2.45) is 0 Å². The van der Waals surface area contributed by atoms with Crippen molar-refractivity contribution in [3.05, 3.63) is 52.0 Å². The van der Waals surface area contributed by atoms with Crippen LogP contribution in [0, 0.1) is 5.95 Å². The van der Waals surface area contributed by atoms with Gasteiger partial charge in [-0.2, -0.15) is 4.39 Å². The van der Waals surface area contributed by atoms with Gasteiger partial charge in [-0.3, -0.25) is 4.79 Å². The lowest BCUT2D eigenvalue weighted by Gasteiger charge is -2.11. The number of carboxylic acids is 1. The van der Waals surface area contributed by atoms with Gasteiger partial charge < -0.3 is 5.11 Å². The minimum Gasteiger partial charge on any atom is -0.481 e. The van der Waals surface area contributed by atoms with E-state index in [2.05, 4.69) is 4.98 Å². The van der Waals surface area contributed by atoms with Gasteiger partial charge in [0, 0.05) is 17.3 Å². The van der Waals surface area contributed by atoms with Crippen molar-refractivity contribution in [2.45, 2.75) is 6.42 Å². The standard InChI is InChI=1S/C13H8Cl2FNO2/c14-8-2-1-3-9(15)12(8)11-7(6-10(18)19)4-5-17-13(11)16/h1-5H,6H2,(H,18,19). The third-order valence-corrected chi connectivity index (χ3v) is 3.18. The number of aliphatic carboxylic acids is 1. The van der Waals surface area contributed by atoms with E-state index in [-0.39, 0.29) is 33.2 Å². The average Bonchev–Trinajstić information content (AvgIpc) is 2.31. The molecular formula is C13H8Cl2FNO2. The van der Waals surface area contributed by atoms with Gasteiger partial charge in [-0.15, -0.1) is 0 Å². The summed E-state index contributed by atoms with van der Waals surface area (Å²) in [5.74, 6) is -1.87. The molecule has 19 heavy (non-hydrogen) atoms. The number of pyridine rings is 1. The zero-order valence-electron chi connectivity index (χ0n) is 9.53. The van der Waals surface area contributed by atoms with Crippen molar-refractivity contribution in [3.8, 4) is 11.1 Å². The molecule has 0 atom stereocenters. The fourth-order valence-corrected chi connectivity index (χ4v) is 2.37. The van der Waals surface area contributed by atoms with E-state index >= 15 is 0 Å². The van der Waals surface area contributed by atoms with Crippen LogP contribution in [0.4, 0.5) is 4.39 Å². The van der Waals surface area contributed by atoms with Gasteiger partial charge in [0.15, 0.2) is 0 Å². The maximum atomic E-state index is 13.9. The number of hydrogen-bond acceptors (Lipinski definition) is 2. The van der Waals surface area contributed by atoms with Gasteiger partial charge in [-0.05, 0) is 23.8 Å². The number of hydrogen-bond donors (Lipinski definition) is 1. The zero-order chi connectivity index (χ0) is 14.0. The predicted octanol–water partition coefficient (Wildman–Crippen LogP) is 3.82. The van der Waals surface area contributed by atoms with Crippen molar-refractivity contribution < 1.29 is 14.3 Å². The quantitative estimate of drug-likeness (QED) is 0.877. The van der Waals surface area contributed by atoms with Crippen LogP contribution in [0.5, 0.6) is 0 Å². The number of carbonyl (C=O) groups is 1. The molecule has 1 aromatic carbocycles. The lowest BCUT2D eigenvalue weighted by atomic mass is 9.99. The number of carboxylic acid groups (broad SMARTS) is 1. The topological polar surface area (TPSA) is 50.2 Å². The van der Waals surface area contributed by atoms with Crippen LogP contribution in [0.1, 0.15) is 5.56 Å². The van der Waals surface area contributed by atoms with Crippen LogP contribution >= 0.6 is 23.2 Å². The van der Waals surface area contributed by atoms with E-state index in [0.29, 0.717) is 0 Å². The molecule has 0 saturated heterocycles. The van der Waals surface area contributed by atoms with Crippen LogP contribution in [-0.2, 0) is 11.2 Å². The highest BCUT2D eigenvalue weighted by Crippen LogP contribution is 2.37. The van der Waals surface area contributed by atoms with Crippen molar-refractivity contribution >= 4 is 29.2 Å². The molecule has 0 aliphatic carbocycles. The molecule has 1 N–H and O–H groups in total. The number of nitrogens with zero attached hydrogens (tertiary/aromatic N) is 1. The van der Waals surface area contributed by atoms with E-state index in [9.17, 15) is 9.18 Å². The van der Waals surface area contributed by atoms with E-state index in [1.807, 2.05) is 0 Å². The summed E-state index contributed by atoms with van der Waals surface area (Å²) in [6.45, 7) is 0. The first-order valence-electron chi connectivity index (χ1n) is 5.30. The van der Waals surface area contributed by atoms with Crippen LogP contribution in [-0.4, -0.2) is 16.1 Å². The van der Waals surface area contributed by atoms with E-state index in [1.165, 1.54) is 12.3 Å². The first kappa shape index (κ1) is 13.8. The first-order chi connectivity index (χ1) is 9.00. The molecule has 1 aromatic heterocycles. The molecule has 2 aromatic rings. The van der Waals surface area contributed by atoms with E-state index in [1.54, 1.807) is 18.2 Å². The molecule has 0 aliphatic heterocycles. The SMILES string of the molecule is O=C(O)Cc1ccnc(F)c1-c1c(Cl)cccc1Cl. The Bertz CT molecular complexity index is 626. The fraction of sp³-hybridized carbons (Fsp3) is 0.0769. The molecule has 0 amide bonds. The van der Waals surface area contributed by atoms with E-state index < -0.39 is 11.9 Å². The Morgan fingerprint density at radius 2 is 1.84 bits per heavy atom. The number of halogens is 3. The fourth-order valence-electron chi connectivity index (χ4n) is 1.78. The molecule has 98 valence electrons. The highest BCUT2D eigenvalue weighted by atomic mass is 35.5. The Kier molecular flexibility index (Phi) is 4.02. The first-order valence-corrected chi connectivity index (χ1v) is 6.06. The number of aromatic nitrogens is 1. The van der Waals surface area contributed by atoms with Crippen molar-refractivity contribution in [1.82, 2.24) is 4.98 Å². The van der Waals surface area contributed by atoms with Crippen LogP contribution in [0.2, 0.25) is 10.0 Å². The summed E-state index contributed by atoms with van der Waals surface area (Å²) in [4.78, 5) is 14.4. The summed E-state index contributed by atoms with van der Waals surface area (Å²) in [7, 11) is 0. The van der Waals surface area contributed by atoms with E-state index in [0.717, 1.165) is 0 Å². The third kappa shape index (κ3) is 2.85. The highest BCUT2D eigenvalue weighted by molar-refractivity contribution is 6.39. The maximum absolute atomic E-state index is 13.9. The van der Waals surface area contributed by atoms with Crippen LogP contribution in [0.25, 0.3) is 11.1 Å². The van der Waals surface area contributed by atoms with Crippen molar-refractivity contribution in [1.29, 1.82) is 0 Å².